The summed E-state index contributed by atoms with van der Waals surface area (Å²) in [6, 6.07) is 6.14. The quantitative estimate of drug-likeness (QED) is 0.916. The van der Waals surface area contributed by atoms with Gasteiger partial charge in [0.2, 0.25) is 0 Å². The second-order valence-electron chi connectivity index (χ2n) is 6.60. The Labute approximate surface area is 142 Å². The highest BCUT2D eigenvalue weighted by atomic mass is 19.4. The highest BCUT2D eigenvalue weighted by molar-refractivity contribution is 5.31. The summed E-state index contributed by atoms with van der Waals surface area (Å²) in [4.78, 5) is 12.2. The van der Waals surface area contributed by atoms with Crippen molar-refractivity contribution in [3.63, 3.8) is 0 Å². The van der Waals surface area contributed by atoms with Gasteiger partial charge in [-0.05, 0) is 49.4 Å². The van der Waals surface area contributed by atoms with Gasteiger partial charge < -0.3 is 5.11 Å². The van der Waals surface area contributed by atoms with Crippen molar-refractivity contribution in [3.05, 3.63) is 62.6 Å². The van der Waals surface area contributed by atoms with E-state index in [4.69, 9.17) is 0 Å². The van der Waals surface area contributed by atoms with Crippen LogP contribution in [-0.2, 0) is 12.7 Å². The molecule has 0 unspecified atom stereocenters. The van der Waals surface area contributed by atoms with Gasteiger partial charge in [0.1, 0.15) is 5.56 Å². The lowest BCUT2D eigenvalue weighted by Crippen LogP contribution is -2.33. The molecule has 1 aliphatic carbocycles. The summed E-state index contributed by atoms with van der Waals surface area (Å²) < 4.78 is 40.2. The molecular weight excluding hydrogens is 333 g/mol. The Morgan fingerprint density at radius 2 is 1.92 bits per heavy atom. The van der Waals surface area contributed by atoms with E-state index in [9.17, 15) is 23.1 Å². The fourth-order valence-corrected chi connectivity index (χ4v) is 2.71. The van der Waals surface area contributed by atoms with Crippen molar-refractivity contribution >= 4 is 0 Å². The van der Waals surface area contributed by atoms with Crippen LogP contribution >= 0.6 is 0 Å². The molecule has 134 valence electrons. The first-order valence-corrected chi connectivity index (χ1v) is 8.11. The summed E-state index contributed by atoms with van der Waals surface area (Å²) in [7, 11) is 0. The highest BCUT2D eigenvalue weighted by Crippen LogP contribution is 2.40. The minimum atomic E-state index is -4.74. The van der Waals surface area contributed by atoms with Crippen LogP contribution in [0.1, 0.15) is 52.8 Å². The zero-order valence-electron chi connectivity index (χ0n) is 14.0. The minimum absolute atomic E-state index is 0.0355. The number of alkyl halides is 3. The second kappa shape index (κ2) is 6.29. The first-order chi connectivity index (χ1) is 11.7. The van der Waals surface area contributed by atoms with Crippen molar-refractivity contribution in [1.82, 2.24) is 9.78 Å². The molecule has 1 aromatic heterocycles. The van der Waals surface area contributed by atoms with Crippen LogP contribution in [0.3, 0.4) is 0 Å². The molecule has 0 amide bonds. The Bertz CT molecular complexity index is 854. The third-order valence-electron chi connectivity index (χ3n) is 4.56. The van der Waals surface area contributed by atoms with Crippen LogP contribution in [0.15, 0.2) is 29.1 Å². The van der Waals surface area contributed by atoms with Crippen molar-refractivity contribution in [3.8, 4) is 0 Å². The third kappa shape index (κ3) is 3.76. The topological polar surface area (TPSA) is 55.1 Å². The largest absolute Gasteiger partial charge is 0.421 e. The van der Waals surface area contributed by atoms with Gasteiger partial charge in [-0.15, -0.1) is 0 Å². The van der Waals surface area contributed by atoms with Gasteiger partial charge in [0.25, 0.3) is 5.56 Å². The van der Waals surface area contributed by atoms with Crippen LogP contribution in [0.25, 0.3) is 0 Å². The van der Waals surface area contributed by atoms with E-state index in [1.807, 2.05) is 19.9 Å². The second-order valence-corrected chi connectivity index (χ2v) is 6.60. The lowest BCUT2D eigenvalue weighted by Gasteiger charge is -2.16. The van der Waals surface area contributed by atoms with Crippen LogP contribution in [0.2, 0.25) is 0 Å². The predicted molar refractivity (Wildman–Crippen MR) is 86.3 cm³/mol. The lowest BCUT2D eigenvalue weighted by atomic mass is 10.0. The molecule has 3 rings (SSSR count). The van der Waals surface area contributed by atoms with Crippen molar-refractivity contribution in [1.29, 1.82) is 0 Å². The summed E-state index contributed by atoms with van der Waals surface area (Å²) in [6.45, 7) is 3.49. The average Bonchev–Trinajstić information content (AvgIpc) is 3.35. The number of halogens is 3. The molecule has 1 aromatic carbocycles. The molecule has 0 spiro atoms. The van der Waals surface area contributed by atoms with E-state index in [1.54, 1.807) is 12.1 Å². The smallest absolute Gasteiger partial charge is 0.386 e. The fourth-order valence-electron chi connectivity index (χ4n) is 2.71. The number of nitrogens with zero attached hydrogens (tertiary/aromatic N) is 2. The number of hydrogen-bond acceptors (Lipinski definition) is 3. The summed E-state index contributed by atoms with van der Waals surface area (Å²) in [5.41, 5.74) is 0.360. The van der Waals surface area contributed by atoms with Gasteiger partial charge in [-0.1, -0.05) is 18.2 Å². The molecule has 1 atom stereocenters. The molecule has 0 aliphatic heterocycles. The molecule has 1 fully saturated rings. The number of aromatic nitrogens is 2. The minimum Gasteiger partial charge on any atom is -0.386 e. The number of aliphatic hydroxyl groups is 1. The average molecular weight is 352 g/mol. The van der Waals surface area contributed by atoms with Gasteiger partial charge in [0.05, 0.1) is 18.3 Å². The zero-order valence-corrected chi connectivity index (χ0v) is 14.0. The normalized spacial score (nSPS) is 16.1. The Kier molecular flexibility index (Phi) is 4.45. The molecule has 1 N–H and O–H groups in total. The molecule has 0 bridgehead atoms. The summed E-state index contributed by atoms with van der Waals surface area (Å²) in [6.07, 6.45) is -4.32. The monoisotopic (exact) mass is 352 g/mol. The maximum Gasteiger partial charge on any atom is 0.421 e. The van der Waals surface area contributed by atoms with Gasteiger partial charge in [-0.3, -0.25) is 4.79 Å². The lowest BCUT2D eigenvalue weighted by molar-refractivity contribution is -0.139. The van der Waals surface area contributed by atoms with Crippen molar-refractivity contribution in [2.24, 2.45) is 0 Å². The highest BCUT2D eigenvalue weighted by Gasteiger charge is 2.37. The molecule has 1 aliphatic rings. The van der Waals surface area contributed by atoms with Crippen LogP contribution in [0.4, 0.5) is 13.2 Å². The standard InChI is InChI=1S/C18H19F3N2O2/c1-10-3-4-13(7-11(10)2)16(24)9-23-17(25)14(18(19,20)21)8-15(22-23)12-5-6-12/h3-4,7-8,12,16,24H,5-6,9H2,1-2H3/t16-/m0/s1. The summed E-state index contributed by atoms with van der Waals surface area (Å²) in [5.74, 6) is -0.0355. The third-order valence-corrected chi connectivity index (χ3v) is 4.56. The maximum absolute atomic E-state index is 13.1. The van der Waals surface area contributed by atoms with Gasteiger partial charge in [0.15, 0.2) is 0 Å². The van der Waals surface area contributed by atoms with E-state index in [-0.39, 0.29) is 18.2 Å². The number of benzene rings is 1. The van der Waals surface area contributed by atoms with Gasteiger partial charge >= 0.3 is 6.18 Å². The maximum atomic E-state index is 13.1. The van der Waals surface area contributed by atoms with Gasteiger partial charge in [0, 0.05) is 5.92 Å². The van der Waals surface area contributed by atoms with E-state index in [1.165, 1.54) is 0 Å². The first-order valence-electron chi connectivity index (χ1n) is 8.11. The van der Waals surface area contributed by atoms with Crippen LogP contribution in [0, 0.1) is 13.8 Å². The molecule has 1 saturated carbocycles. The van der Waals surface area contributed by atoms with E-state index >= 15 is 0 Å². The van der Waals surface area contributed by atoms with E-state index in [0.29, 0.717) is 5.56 Å². The summed E-state index contributed by atoms with van der Waals surface area (Å²) >= 11 is 0. The van der Waals surface area contributed by atoms with E-state index < -0.39 is 23.4 Å². The van der Waals surface area contributed by atoms with Crippen LogP contribution in [-0.4, -0.2) is 14.9 Å². The van der Waals surface area contributed by atoms with Crippen molar-refractivity contribution in [2.45, 2.75) is 51.4 Å². The van der Waals surface area contributed by atoms with Gasteiger partial charge in [-0.2, -0.15) is 18.3 Å². The number of rotatable bonds is 4. The molecular formula is C18H19F3N2O2. The number of hydrogen-bond donors (Lipinski definition) is 1. The Morgan fingerprint density at radius 3 is 2.48 bits per heavy atom. The SMILES string of the molecule is Cc1ccc([C@@H](O)Cn2nc(C3CC3)cc(C(F)(F)F)c2=O)cc1C. The fraction of sp³-hybridized carbons (Fsp3) is 0.444. The molecule has 4 nitrogen and oxygen atoms in total. The number of aliphatic hydroxyl groups excluding tert-OH is 1. The molecule has 0 radical (unpaired) electrons. The predicted octanol–water partition coefficient (Wildman–Crippen LogP) is 3.49. The molecule has 7 heteroatoms. The Balaban J connectivity index is 1.97. The molecule has 0 saturated heterocycles. The molecule has 2 aromatic rings. The van der Waals surface area contributed by atoms with Crippen molar-refractivity contribution in [2.75, 3.05) is 0 Å². The Morgan fingerprint density at radius 1 is 1.24 bits per heavy atom. The van der Waals surface area contributed by atoms with Crippen LogP contribution in [0.5, 0.6) is 0 Å². The zero-order chi connectivity index (χ0) is 18.4. The van der Waals surface area contributed by atoms with Gasteiger partial charge in [-0.25, -0.2) is 4.68 Å². The molecule has 1 heterocycles. The summed E-state index contributed by atoms with van der Waals surface area (Å²) in [5, 5.41) is 14.4. The molecule has 25 heavy (non-hydrogen) atoms. The van der Waals surface area contributed by atoms with Crippen molar-refractivity contribution < 1.29 is 18.3 Å². The first kappa shape index (κ1) is 17.7. The van der Waals surface area contributed by atoms with E-state index in [2.05, 4.69) is 5.10 Å². The number of aryl methyl sites for hydroxylation is 2. The Hall–Kier alpha value is -2.15. The van der Waals surface area contributed by atoms with E-state index in [0.717, 1.165) is 34.7 Å². The van der Waals surface area contributed by atoms with Crippen LogP contribution < -0.4 is 5.56 Å².